The van der Waals surface area contributed by atoms with Crippen LogP contribution in [0.3, 0.4) is 0 Å². The van der Waals surface area contributed by atoms with E-state index in [4.69, 9.17) is 10.5 Å². The van der Waals surface area contributed by atoms with Crippen LogP contribution in [0.15, 0.2) is 18.2 Å². The number of halogens is 3. The molecule has 0 spiro atoms. The minimum Gasteiger partial charge on any atom is -0.484 e. The van der Waals surface area contributed by atoms with Gasteiger partial charge in [-0.2, -0.15) is 13.2 Å². The zero-order valence-corrected chi connectivity index (χ0v) is 12.2. The number of hydrogen-bond donors (Lipinski definition) is 2. The predicted molar refractivity (Wildman–Crippen MR) is 76.7 cm³/mol. The van der Waals surface area contributed by atoms with Crippen LogP contribution in [0.5, 0.6) is 5.75 Å². The highest BCUT2D eigenvalue weighted by Crippen LogP contribution is 2.30. The Hall–Kier alpha value is -1.76. The molecule has 0 heterocycles. The van der Waals surface area contributed by atoms with Gasteiger partial charge < -0.3 is 15.8 Å². The van der Waals surface area contributed by atoms with Gasteiger partial charge in [0.05, 0.1) is 0 Å². The van der Waals surface area contributed by atoms with Gasteiger partial charge in [0.15, 0.2) is 6.61 Å². The molecule has 2 unspecified atom stereocenters. The zero-order chi connectivity index (χ0) is 16.3. The fourth-order valence-corrected chi connectivity index (χ4v) is 2.56. The van der Waals surface area contributed by atoms with E-state index in [2.05, 4.69) is 5.32 Å². The van der Waals surface area contributed by atoms with Gasteiger partial charge in [0.1, 0.15) is 5.75 Å². The number of nitrogens with one attached hydrogen (secondary N) is 1. The van der Waals surface area contributed by atoms with Crippen molar-refractivity contribution in [1.82, 2.24) is 0 Å². The molecule has 1 amide bonds. The number of carbonyl (C=O) groups excluding carboxylic acids is 1. The largest absolute Gasteiger partial charge is 0.484 e. The van der Waals surface area contributed by atoms with Gasteiger partial charge in [0, 0.05) is 23.2 Å². The van der Waals surface area contributed by atoms with Crippen molar-refractivity contribution in [2.75, 3.05) is 11.9 Å². The average molecular weight is 316 g/mol. The molecule has 1 aliphatic rings. The monoisotopic (exact) mass is 316 g/mol. The molecule has 0 bridgehead atoms. The van der Waals surface area contributed by atoms with E-state index in [9.17, 15) is 18.0 Å². The van der Waals surface area contributed by atoms with E-state index in [0.717, 1.165) is 12.8 Å². The third kappa shape index (κ3) is 4.37. The summed E-state index contributed by atoms with van der Waals surface area (Å²) in [4.78, 5) is 12.2. The molecule has 1 aromatic rings. The van der Waals surface area contributed by atoms with E-state index < -0.39 is 12.8 Å². The Balaban J connectivity index is 2.03. The second kappa shape index (κ2) is 6.56. The van der Waals surface area contributed by atoms with Crippen LogP contribution in [0.25, 0.3) is 0 Å². The Morgan fingerprint density at radius 1 is 1.41 bits per heavy atom. The molecule has 2 rings (SSSR count). The quantitative estimate of drug-likeness (QED) is 0.897. The van der Waals surface area contributed by atoms with Gasteiger partial charge in [-0.05, 0) is 38.3 Å². The van der Waals surface area contributed by atoms with Gasteiger partial charge in [0.25, 0.3) is 0 Å². The summed E-state index contributed by atoms with van der Waals surface area (Å²) in [5, 5.41) is 2.75. The average Bonchev–Trinajstić information content (AvgIpc) is 2.85. The Morgan fingerprint density at radius 2 is 2.14 bits per heavy atom. The number of nitrogens with two attached hydrogens (primary N) is 1. The number of amides is 1. The van der Waals surface area contributed by atoms with Crippen molar-refractivity contribution in [1.29, 1.82) is 0 Å². The van der Waals surface area contributed by atoms with Crippen molar-refractivity contribution < 1.29 is 22.7 Å². The van der Waals surface area contributed by atoms with Gasteiger partial charge in [-0.15, -0.1) is 0 Å². The van der Waals surface area contributed by atoms with Crippen LogP contribution in [-0.4, -0.2) is 24.7 Å². The molecule has 1 aromatic carbocycles. The summed E-state index contributed by atoms with van der Waals surface area (Å²) in [5.41, 5.74) is 6.72. The Bertz CT molecular complexity index is 546. The van der Waals surface area contributed by atoms with E-state index in [1.807, 2.05) is 0 Å². The Labute approximate surface area is 126 Å². The van der Waals surface area contributed by atoms with Crippen LogP contribution in [0, 0.1) is 12.8 Å². The summed E-state index contributed by atoms with van der Waals surface area (Å²) < 4.78 is 41.4. The molecule has 0 radical (unpaired) electrons. The number of hydrogen-bond acceptors (Lipinski definition) is 3. The normalized spacial score (nSPS) is 21.7. The summed E-state index contributed by atoms with van der Waals surface area (Å²) in [6.45, 7) is 0.254. The van der Waals surface area contributed by atoms with Gasteiger partial charge >= 0.3 is 6.18 Å². The van der Waals surface area contributed by atoms with Crippen molar-refractivity contribution in [3.05, 3.63) is 23.8 Å². The van der Waals surface area contributed by atoms with Crippen LogP contribution >= 0.6 is 0 Å². The lowest BCUT2D eigenvalue weighted by Gasteiger charge is -2.16. The minimum atomic E-state index is -4.40. The smallest absolute Gasteiger partial charge is 0.422 e. The van der Waals surface area contributed by atoms with E-state index in [0.29, 0.717) is 17.7 Å². The first-order chi connectivity index (χ1) is 10.3. The predicted octanol–water partition coefficient (Wildman–Crippen LogP) is 3.00. The molecule has 2 atom stereocenters. The molecule has 0 saturated heterocycles. The number of rotatable bonds is 4. The van der Waals surface area contributed by atoms with Crippen molar-refractivity contribution >= 4 is 11.6 Å². The standard InChI is InChI=1S/C15H19F3N2O2/c1-9-12(20-14(21)10-5-6-11(19)7-10)3-2-4-13(9)22-8-15(16,17)18/h2-4,10-11H,5-8,19H2,1H3,(H,20,21). The van der Waals surface area contributed by atoms with Crippen LogP contribution in [0.4, 0.5) is 18.9 Å². The maximum absolute atomic E-state index is 12.2. The molecule has 7 heteroatoms. The number of ether oxygens (including phenoxy) is 1. The van der Waals surface area contributed by atoms with Gasteiger partial charge in [0.2, 0.25) is 5.91 Å². The summed E-state index contributed by atoms with van der Waals surface area (Å²) >= 11 is 0. The van der Waals surface area contributed by atoms with Gasteiger partial charge in [-0.1, -0.05) is 6.07 Å². The van der Waals surface area contributed by atoms with E-state index in [1.165, 1.54) is 6.07 Å². The topological polar surface area (TPSA) is 64.4 Å². The molecule has 1 fully saturated rings. The van der Waals surface area contributed by atoms with Crippen molar-refractivity contribution in [2.45, 2.75) is 38.4 Å². The molecule has 1 saturated carbocycles. The molecule has 3 N–H and O–H groups in total. The first-order valence-electron chi connectivity index (χ1n) is 7.12. The van der Waals surface area contributed by atoms with Crippen molar-refractivity contribution in [2.24, 2.45) is 11.7 Å². The highest BCUT2D eigenvalue weighted by atomic mass is 19.4. The number of alkyl halides is 3. The van der Waals surface area contributed by atoms with Crippen molar-refractivity contribution in [3.8, 4) is 5.75 Å². The molecule has 0 aromatic heterocycles. The van der Waals surface area contributed by atoms with Crippen LogP contribution in [-0.2, 0) is 4.79 Å². The molecule has 122 valence electrons. The summed E-state index contributed by atoms with van der Waals surface area (Å²) in [5.74, 6) is -0.184. The zero-order valence-electron chi connectivity index (χ0n) is 12.2. The van der Waals surface area contributed by atoms with E-state index in [-0.39, 0.29) is 23.6 Å². The number of benzene rings is 1. The van der Waals surface area contributed by atoms with E-state index >= 15 is 0 Å². The molecule has 0 aliphatic heterocycles. The lowest BCUT2D eigenvalue weighted by Crippen LogP contribution is -2.24. The van der Waals surface area contributed by atoms with Crippen LogP contribution < -0.4 is 15.8 Å². The molecule has 22 heavy (non-hydrogen) atoms. The van der Waals surface area contributed by atoms with Gasteiger partial charge in [-0.25, -0.2) is 0 Å². The van der Waals surface area contributed by atoms with Gasteiger partial charge in [-0.3, -0.25) is 4.79 Å². The molecule has 4 nitrogen and oxygen atoms in total. The molecule has 1 aliphatic carbocycles. The number of anilines is 1. The second-order valence-electron chi connectivity index (χ2n) is 5.59. The Morgan fingerprint density at radius 3 is 2.73 bits per heavy atom. The number of carbonyl (C=O) groups is 1. The maximum atomic E-state index is 12.2. The highest BCUT2D eigenvalue weighted by Gasteiger charge is 2.30. The first kappa shape index (κ1) is 16.6. The lowest BCUT2D eigenvalue weighted by molar-refractivity contribution is -0.153. The van der Waals surface area contributed by atoms with Crippen LogP contribution in [0.1, 0.15) is 24.8 Å². The summed E-state index contributed by atoms with van der Waals surface area (Å²) in [6.07, 6.45) is -2.22. The summed E-state index contributed by atoms with van der Waals surface area (Å²) in [6, 6.07) is 4.68. The Kier molecular flexibility index (Phi) is 4.95. The van der Waals surface area contributed by atoms with Crippen LogP contribution in [0.2, 0.25) is 0 Å². The van der Waals surface area contributed by atoms with Crippen molar-refractivity contribution in [3.63, 3.8) is 0 Å². The second-order valence-corrected chi connectivity index (χ2v) is 5.59. The fourth-order valence-electron chi connectivity index (χ4n) is 2.56. The lowest BCUT2D eigenvalue weighted by atomic mass is 10.1. The minimum absolute atomic E-state index is 0.0401. The SMILES string of the molecule is Cc1c(NC(=O)C2CCC(N)C2)cccc1OCC(F)(F)F. The third-order valence-electron chi connectivity index (χ3n) is 3.78. The first-order valence-corrected chi connectivity index (χ1v) is 7.12. The maximum Gasteiger partial charge on any atom is 0.422 e. The third-order valence-corrected chi connectivity index (χ3v) is 3.78. The fraction of sp³-hybridized carbons (Fsp3) is 0.533. The highest BCUT2D eigenvalue weighted by molar-refractivity contribution is 5.93. The summed E-state index contributed by atoms with van der Waals surface area (Å²) in [7, 11) is 0. The van der Waals surface area contributed by atoms with E-state index in [1.54, 1.807) is 19.1 Å². The molecular formula is C15H19F3N2O2. The molecular weight excluding hydrogens is 297 g/mol.